The third-order valence-electron chi connectivity index (χ3n) is 1.46. The van der Waals surface area contributed by atoms with Gasteiger partial charge in [-0.25, -0.2) is 0 Å². The summed E-state index contributed by atoms with van der Waals surface area (Å²) in [7, 11) is 0. The number of benzene rings is 1. The summed E-state index contributed by atoms with van der Waals surface area (Å²) in [4.78, 5) is 0. The van der Waals surface area contributed by atoms with Crippen LogP contribution in [0.4, 0.5) is 0 Å². The van der Waals surface area contributed by atoms with Gasteiger partial charge in [-0.2, -0.15) is 0 Å². The Morgan fingerprint density at radius 2 is 2.17 bits per heavy atom. The maximum atomic E-state index is 9.41. The molecule has 0 aliphatic carbocycles. The molecule has 0 radical (unpaired) electrons. The summed E-state index contributed by atoms with van der Waals surface area (Å²) < 4.78 is 0.819. The summed E-state index contributed by atoms with van der Waals surface area (Å²) in [6.07, 6.45) is -0.667. The topological polar surface area (TPSA) is 20.2 Å². The number of aliphatic hydroxyl groups is 1. The molecular weight excluding hydrogens is 263 g/mol. The second kappa shape index (κ2) is 4.47. The quantitative estimate of drug-likeness (QED) is 0.817. The fourth-order valence-electron chi connectivity index (χ4n) is 0.853. The zero-order valence-corrected chi connectivity index (χ0v) is 9.20. The van der Waals surface area contributed by atoms with Gasteiger partial charge < -0.3 is 5.11 Å². The average molecular weight is 270 g/mol. The van der Waals surface area contributed by atoms with Gasteiger partial charge in [-0.3, -0.25) is 0 Å². The highest BCUT2D eigenvalue weighted by Crippen LogP contribution is 2.27. The van der Waals surface area contributed by atoms with Crippen molar-refractivity contribution in [2.75, 3.05) is 5.88 Å². The molecule has 0 spiro atoms. The molecule has 0 fully saturated rings. The SMILES string of the molecule is O[C@@H](CCl)c1cc(Cl)ccc1Br. The largest absolute Gasteiger partial charge is 0.387 e. The highest BCUT2D eigenvalue weighted by molar-refractivity contribution is 9.10. The van der Waals surface area contributed by atoms with E-state index in [1.54, 1.807) is 18.2 Å². The van der Waals surface area contributed by atoms with Gasteiger partial charge in [-0.1, -0.05) is 27.5 Å². The lowest BCUT2D eigenvalue weighted by atomic mass is 10.1. The molecule has 0 aromatic heterocycles. The Bertz CT molecular complexity index is 278. The van der Waals surface area contributed by atoms with E-state index in [1.807, 2.05) is 0 Å². The fraction of sp³-hybridized carbons (Fsp3) is 0.250. The Morgan fingerprint density at radius 3 is 2.75 bits per heavy atom. The lowest BCUT2D eigenvalue weighted by Gasteiger charge is -2.09. The van der Waals surface area contributed by atoms with Crippen LogP contribution < -0.4 is 0 Å². The van der Waals surface area contributed by atoms with Crippen molar-refractivity contribution in [1.82, 2.24) is 0 Å². The summed E-state index contributed by atoms with van der Waals surface area (Å²) in [5.41, 5.74) is 0.720. The molecule has 4 heteroatoms. The first-order valence-corrected chi connectivity index (χ1v) is 5.04. The van der Waals surface area contributed by atoms with Crippen LogP contribution in [0.5, 0.6) is 0 Å². The molecule has 1 rings (SSSR count). The molecule has 1 atom stereocenters. The normalized spacial score (nSPS) is 13.0. The Balaban J connectivity index is 3.04. The van der Waals surface area contributed by atoms with Gasteiger partial charge in [0.15, 0.2) is 0 Å². The molecule has 66 valence electrons. The Morgan fingerprint density at radius 1 is 1.50 bits per heavy atom. The molecule has 0 heterocycles. The minimum absolute atomic E-state index is 0.166. The van der Waals surface area contributed by atoms with Crippen molar-refractivity contribution >= 4 is 39.1 Å². The molecule has 0 amide bonds. The van der Waals surface area contributed by atoms with Crippen LogP contribution in [0.3, 0.4) is 0 Å². The monoisotopic (exact) mass is 268 g/mol. The van der Waals surface area contributed by atoms with Gasteiger partial charge in [0.2, 0.25) is 0 Å². The highest BCUT2D eigenvalue weighted by Gasteiger charge is 2.09. The predicted molar refractivity (Wildman–Crippen MR) is 54.8 cm³/mol. The number of hydrogen-bond donors (Lipinski definition) is 1. The van der Waals surface area contributed by atoms with Crippen LogP contribution in [0, 0.1) is 0 Å². The van der Waals surface area contributed by atoms with Crippen LogP contribution in [0.2, 0.25) is 5.02 Å². The summed E-state index contributed by atoms with van der Waals surface area (Å²) in [6, 6.07) is 5.22. The molecule has 1 nitrogen and oxygen atoms in total. The van der Waals surface area contributed by atoms with Crippen molar-refractivity contribution in [2.24, 2.45) is 0 Å². The van der Waals surface area contributed by atoms with Gasteiger partial charge in [0, 0.05) is 9.50 Å². The standard InChI is InChI=1S/C8H7BrCl2O/c9-7-2-1-5(11)3-6(7)8(12)4-10/h1-3,8,12H,4H2/t8-/m0/s1. The van der Waals surface area contributed by atoms with Gasteiger partial charge in [0.25, 0.3) is 0 Å². The van der Waals surface area contributed by atoms with E-state index in [0.29, 0.717) is 5.02 Å². The second-order valence-corrected chi connectivity index (χ2v) is 3.94. The van der Waals surface area contributed by atoms with E-state index in [4.69, 9.17) is 23.2 Å². The van der Waals surface area contributed by atoms with E-state index in [0.717, 1.165) is 10.0 Å². The van der Waals surface area contributed by atoms with Crippen LogP contribution in [0.15, 0.2) is 22.7 Å². The minimum atomic E-state index is -0.667. The van der Waals surface area contributed by atoms with Crippen LogP contribution in [0.25, 0.3) is 0 Å². The zero-order chi connectivity index (χ0) is 9.14. The molecule has 0 aliphatic rings. The molecule has 0 unspecified atom stereocenters. The molecular formula is C8H7BrCl2O. The third kappa shape index (κ3) is 2.36. The number of rotatable bonds is 2. The van der Waals surface area contributed by atoms with Gasteiger partial charge >= 0.3 is 0 Å². The summed E-state index contributed by atoms with van der Waals surface area (Å²) in [6.45, 7) is 0. The first-order chi connectivity index (χ1) is 5.65. The first-order valence-electron chi connectivity index (χ1n) is 3.34. The van der Waals surface area contributed by atoms with Crippen LogP contribution in [0.1, 0.15) is 11.7 Å². The van der Waals surface area contributed by atoms with Crippen molar-refractivity contribution in [1.29, 1.82) is 0 Å². The number of hydrogen-bond acceptors (Lipinski definition) is 1. The Labute approximate surface area is 89.4 Å². The molecule has 1 N–H and O–H groups in total. The van der Waals surface area contributed by atoms with Crippen LogP contribution >= 0.6 is 39.1 Å². The zero-order valence-electron chi connectivity index (χ0n) is 6.10. The molecule has 0 bridgehead atoms. The third-order valence-corrected chi connectivity index (χ3v) is 2.71. The average Bonchev–Trinajstić information content (AvgIpc) is 2.08. The number of aliphatic hydroxyl groups excluding tert-OH is 1. The van der Waals surface area contributed by atoms with Crippen molar-refractivity contribution in [3.05, 3.63) is 33.3 Å². The van der Waals surface area contributed by atoms with Crippen molar-refractivity contribution in [3.63, 3.8) is 0 Å². The van der Waals surface area contributed by atoms with Gasteiger partial charge in [0.05, 0.1) is 12.0 Å². The van der Waals surface area contributed by atoms with Crippen LogP contribution in [-0.2, 0) is 0 Å². The lowest BCUT2D eigenvalue weighted by Crippen LogP contribution is -1.99. The van der Waals surface area contributed by atoms with Gasteiger partial charge in [-0.15, -0.1) is 11.6 Å². The minimum Gasteiger partial charge on any atom is -0.387 e. The number of alkyl halides is 1. The van der Waals surface area contributed by atoms with Gasteiger partial charge in [0.1, 0.15) is 0 Å². The second-order valence-electron chi connectivity index (χ2n) is 2.34. The maximum absolute atomic E-state index is 9.41. The smallest absolute Gasteiger partial charge is 0.0936 e. The van der Waals surface area contributed by atoms with E-state index in [2.05, 4.69) is 15.9 Å². The van der Waals surface area contributed by atoms with E-state index >= 15 is 0 Å². The molecule has 0 aliphatic heterocycles. The fourth-order valence-corrected chi connectivity index (χ4v) is 1.71. The molecule has 12 heavy (non-hydrogen) atoms. The highest BCUT2D eigenvalue weighted by atomic mass is 79.9. The summed E-state index contributed by atoms with van der Waals surface area (Å²) in [5, 5.41) is 10.0. The van der Waals surface area contributed by atoms with Crippen molar-refractivity contribution in [3.8, 4) is 0 Å². The Kier molecular flexibility index (Phi) is 3.84. The molecule has 1 aromatic carbocycles. The predicted octanol–water partition coefficient (Wildman–Crippen LogP) is 3.37. The Hall–Kier alpha value is 0.240. The summed E-state index contributed by atoms with van der Waals surface area (Å²) >= 11 is 14.5. The van der Waals surface area contributed by atoms with E-state index in [9.17, 15) is 5.11 Å². The van der Waals surface area contributed by atoms with Crippen molar-refractivity contribution < 1.29 is 5.11 Å². The molecule has 0 saturated heterocycles. The van der Waals surface area contributed by atoms with Crippen molar-refractivity contribution in [2.45, 2.75) is 6.10 Å². The number of halogens is 3. The van der Waals surface area contributed by atoms with E-state index in [1.165, 1.54) is 0 Å². The van der Waals surface area contributed by atoms with Gasteiger partial charge in [-0.05, 0) is 23.8 Å². The maximum Gasteiger partial charge on any atom is 0.0936 e. The molecule has 1 aromatic rings. The van der Waals surface area contributed by atoms with E-state index < -0.39 is 6.10 Å². The van der Waals surface area contributed by atoms with E-state index in [-0.39, 0.29) is 5.88 Å². The summed E-state index contributed by atoms with van der Waals surface area (Å²) in [5.74, 6) is 0.166. The van der Waals surface area contributed by atoms with Crippen LogP contribution in [-0.4, -0.2) is 11.0 Å². The lowest BCUT2D eigenvalue weighted by molar-refractivity contribution is 0.202. The molecule has 0 saturated carbocycles. The first kappa shape index (κ1) is 10.3.